The summed E-state index contributed by atoms with van der Waals surface area (Å²) in [5, 5.41) is 10.0. The van der Waals surface area contributed by atoms with Gasteiger partial charge in [-0.2, -0.15) is 5.10 Å². The molecule has 1 aliphatic rings. The van der Waals surface area contributed by atoms with Crippen molar-refractivity contribution in [3.8, 4) is 40.1 Å². The van der Waals surface area contributed by atoms with E-state index in [0.29, 0.717) is 6.61 Å². The van der Waals surface area contributed by atoms with Crippen molar-refractivity contribution in [3.05, 3.63) is 100 Å². The first-order valence-electron chi connectivity index (χ1n) is 10.7. The maximum atomic E-state index is 5.65. The second-order valence-electron chi connectivity index (χ2n) is 7.93. The number of H-pyrrole nitrogens is 1. The zero-order valence-electron chi connectivity index (χ0n) is 17.8. The standard InChI is InChI=1S/C27H20N4OS/c1-2-5-22(6-3-1)32-12-4-7-23-14-21(17-33-23)26-25-15-20-13-19(16-31-11-10-28-18-31)8-9-24(20)27(25)30-29-26/h1-3,5-6,8-11,13-14,17-18H,12,15-16H2,(H,29,30). The van der Waals surface area contributed by atoms with E-state index in [1.807, 2.05) is 49.1 Å². The molecule has 0 unspecified atom stereocenters. The van der Waals surface area contributed by atoms with Crippen molar-refractivity contribution < 1.29 is 4.74 Å². The molecule has 0 saturated heterocycles. The molecule has 2 aromatic carbocycles. The van der Waals surface area contributed by atoms with E-state index in [1.165, 1.54) is 22.3 Å². The van der Waals surface area contributed by atoms with Gasteiger partial charge in [0.25, 0.3) is 0 Å². The number of aromatic nitrogens is 4. The lowest BCUT2D eigenvalue weighted by Crippen LogP contribution is -1.97. The second kappa shape index (κ2) is 8.45. The minimum Gasteiger partial charge on any atom is -0.481 e. The van der Waals surface area contributed by atoms with Gasteiger partial charge >= 0.3 is 0 Å². The van der Waals surface area contributed by atoms with Crippen LogP contribution >= 0.6 is 11.3 Å². The fraction of sp³-hybridized carbons (Fsp3) is 0.111. The minimum absolute atomic E-state index is 0.367. The summed E-state index contributed by atoms with van der Waals surface area (Å²) in [4.78, 5) is 5.14. The van der Waals surface area contributed by atoms with E-state index in [9.17, 15) is 0 Å². The van der Waals surface area contributed by atoms with Gasteiger partial charge in [-0.25, -0.2) is 4.98 Å². The van der Waals surface area contributed by atoms with Gasteiger partial charge in [-0.15, -0.1) is 11.3 Å². The largest absolute Gasteiger partial charge is 0.481 e. The van der Waals surface area contributed by atoms with Crippen LogP contribution < -0.4 is 4.74 Å². The molecule has 160 valence electrons. The number of aromatic amines is 1. The van der Waals surface area contributed by atoms with Gasteiger partial charge < -0.3 is 9.30 Å². The molecule has 0 fully saturated rings. The van der Waals surface area contributed by atoms with Crippen LogP contribution in [0.5, 0.6) is 5.75 Å². The topological polar surface area (TPSA) is 55.7 Å². The van der Waals surface area contributed by atoms with Gasteiger partial charge in [-0.3, -0.25) is 5.10 Å². The number of benzene rings is 2. The van der Waals surface area contributed by atoms with Crippen LogP contribution in [0.1, 0.15) is 21.6 Å². The summed E-state index contributed by atoms with van der Waals surface area (Å²) >= 11 is 1.64. The molecule has 0 saturated carbocycles. The maximum Gasteiger partial charge on any atom is 0.149 e. The lowest BCUT2D eigenvalue weighted by molar-refractivity contribution is 0.370. The fourth-order valence-electron chi connectivity index (χ4n) is 4.20. The molecule has 0 radical (unpaired) electrons. The number of nitrogens with zero attached hydrogens (tertiary/aromatic N) is 3. The van der Waals surface area contributed by atoms with E-state index in [2.05, 4.69) is 61.2 Å². The number of hydrogen-bond acceptors (Lipinski definition) is 4. The quantitative estimate of drug-likeness (QED) is 0.360. The Hall–Kier alpha value is -4.08. The third-order valence-electron chi connectivity index (χ3n) is 5.74. The third kappa shape index (κ3) is 3.95. The van der Waals surface area contributed by atoms with Gasteiger partial charge in [0.1, 0.15) is 12.4 Å². The molecule has 6 heteroatoms. The molecule has 0 aliphatic heterocycles. The molecular weight excluding hydrogens is 428 g/mol. The zero-order chi connectivity index (χ0) is 22.0. The lowest BCUT2D eigenvalue weighted by atomic mass is 10.1. The number of imidazole rings is 1. The predicted molar refractivity (Wildman–Crippen MR) is 130 cm³/mol. The summed E-state index contributed by atoms with van der Waals surface area (Å²) in [6, 6.07) is 18.5. The van der Waals surface area contributed by atoms with Crippen LogP contribution in [0.2, 0.25) is 0 Å². The van der Waals surface area contributed by atoms with Crippen LogP contribution in [0.4, 0.5) is 0 Å². The highest BCUT2D eigenvalue weighted by molar-refractivity contribution is 7.11. The Labute approximate surface area is 195 Å². The van der Waals surface area contributed by atoms with Crippen molar-refractivity contribution in [2.24, 2.45) is 0 Å². The lowest BCUT2D eigenvalue weighted by Gasteiger charge is -2.06. The van der Waals surface area contributed by atoms with Gasteiger partial charge in [0.15, 0.2) is 0 Å². The first-order chi connectivity index (χ1) is 16.3. The van der Waals surface area contributed by atoms with Crippen LogP contribution in [-0.2, 0) is 13.0 Å². The number of rotatable bonds is 5. The van der Waals surface area contributed by atoms with E-state index >= 15 is 0 Å². The van der Waals surface area contributed by atoms with Crippen molar-refractivity contribution in [2.75, 3.05) is 6.61 Å². The maximum absolute atomic E-state index is 5.65. The smallest absolute Gasteiger partial charge is 0.149 e. The van der Waals surface area contributed by atoms with Gasteiger partial charge in [0.2, 0.25) is 0 Å². The van der Waals surface area contributed by atoms with E-state index in [0.717, 1.165) is 40.5 Å². The number of thiophene rings is 1. The Kier molecular flexibility index (Phi) is 5.02. The fourth-order valence-corrected chi connectivity index (χ4v) is 4.96. The van der Waals surface area contributed by atoms with Gasteiger partial charge in [-0.1, -0.05) is 48.2 Å². The first kappa shape index (κ1) is 19.6. The van der Waals surface area contributed by atoms with Crippen LogP contribution in [0.25, 0.3) is 22.5 Å². The van der Waals surface area contributed by atoms with Crippen molar-refractivity contribution in [3.63, 3.8) is 0 Å². The molecule has 0 amide bonds. The summed E-state index contributed by atoms with van der Waals surface area (Å²) in [5.41, 5.74) is 8.37. The zero-order valence-corrected chi connectivity index (χ0v) is 18.6. The minimum atomic E-state index is 0.367. The number of para-hydroxylation sites is 1. The summed E-state index contributed by atoms with van der Waals surface area (Å²) in [6.07, 6.45) is 6.53. The molecule has 33 heavy (non-hydrogen) atoms. The number of hydrogen-bond donors (Lipinski definition) is 1. The summed E-state index contributed by atoms with van der Waals surface area (Å²) in [5.74, 6) is 7.14. The monoisotopic (exact) mass is 448 g/mol. The molecule has 0 spiro atoms. The van der Waals surface area contributed by atoms with Crippen molar-refractivity contribution in [1.82, 2.24) is 19.7 Å². The average molecular weight is 449 g/mol. The Morgan fingerprint density at radius 1 is 1.12 bits per heavy atom. The van der Waals surface area contributed by atoms with Crippen molar-refractivity contribution >= 4 is 11.3 Å². The molecule has 3 heterocycles. The number of nitrogens with one attached hydrogen (secondary N) is 1. The SMILES string of the molecule is C(#Cc1cc(-c2n[nH]c3c2Cc2cc(Cn4ccnc4)ccc2-3)cs1)COc1ccccc1. The van der Waals surface area contributed by atoms with Gasteiger partial charge in [0, 0.05) is 47.4 Å². The Balaban J connectivity index is 1.18. The normalized spacial score (nSPS) is 11.5. The highest BCUT2D eigenvalue weighted by atomic mass is 32.1. The van der Waals surface area contributed by atoms with Crippen molar-refractivity contribution in [1.29, 1.82) is 0 Å². The van der Waals surface area contributed by atoms with Crippen LogP contribution in [0, 0.1) is 11.8 Å². The molecule has 1 aliphatic carbocycles. The van der Waals surface area contributed by atoms with Crippen LogP contribution in [0.15, 0.2) is 78.7 Å². The Bertz CT molecular complexity index is 1470. The predicted octanol–water partition coefficient (Wildman–Crippen LogP) is 5.38. The number of ether oxygens (including phenoxy) is 1. The van der Waals surface area contributed by atoms with Gasteiger partial charge in [0.05, 0.1) is 22.6 Å². The molecular formula is C27H20N4OS. The molecule has 1 N–H and O–H groups in total. The summed E-state index contributed by atoms with van der Waals surface area (Å²) in [6.45, 7) is 1.19. The molecule has 6 rings (SSSR count). The molecule has 0 bridgehead atoms. The third-order valence-corrected chi connectivity index (χ3v) is 6.58. The highest BCUT2D eigenvalue weighted by Gasteiger charge is 2.25. The highest BCUT2D eigenvalue weighted by Crippen LogP contribution is 2.41. The Morgan fingerprint density at radius 3 is 2.94 bits per heavy atom. The van der Waals surface area contributed by atoms with Crippen molar-refractivity contribution in [2.45, 2.75) is 13.0 Å². The average Bonchev–Trinajstić information content (AvgIpc) is 3.62. The summed E-state index contributed by atoms with van der Waals surface area (Å²) < 4.78 is 7.74. The first-order valence-corrected chi connectivity index (χ1v) is 11.6. The Morgan fingerprint density at radius 2 is 2.06 bits per heavy atom. The van der Waals surface area contributed by atoms with Gasteiger partial charge in [-0.05, 0) is 29.3 Å². The number of fused-ring (bicyclic) bond motifs is 3. The second-order valence-corrected chi connectivity index (χ2v) is 8.84. The van der Waals surface area contributed by atoms with Crippen LogP contribution in [-0.4, -0.2) is 26.4 Å². The molecule has 0 atom stereocenters. The van der Waals surface area contributed by atoms with E-state index in [4.69, 9.17) is 4.74 Å². The van der Waals surface area contributed by atoms with E-state index < -0.39 is 0 Å². The van der Waals surface area contributed by atoms with E-state index in [1.54, 1.807) is 11.3 Å². The van der Waals surface area contributed by atoms with Crippen LogP contribution in [0.3, 0.4) is 0 Å². The summed E-state index contributed by atoms with van der Waals surface area (Å²) in [7, 11) is 0. The molecule has 5 aromatic rings. The van der Waals surface area contributed by atoms with E-state index in [-0.39, 0.29) is 0 Å². The molecule has 5 nitrogen and oxygen atoms in total. The molecule has 3 aromatic heterocycles.